The van der Waals surface area contributed by atoms with Gasteiger partial charge >= 0.3 is 0 Å². The summed E-state index contributed by atoms with van der Waals surface area (Å²) in [6.07, 6.45) is 2.27. The van der Waals surface area contributed by atoms with Crippen LogP contribution in [-0.2, 0) is 5.41 Å². The van der Waals surface area contributed by atoms with Crippen molar-refractivity contribution in [3.05, 3.63) is 23.2 Å². The number of furan rings is 1. The van der Waals surface area contributed by atoms with Crippen LogP contribution in [0.5, 0.6) is 0 Å². The predicted octanol–water partition coefficient (Wildman–Crippen LogP) is 3.97. The molecule has 0 amide bonds. The fraction of sp³-hybridized carbons (Fsp3) is 0.667. The molecule has 0 aliphatic rings. The van der Waals surface area contributed by atoms with Crippen LogP contribution in [0, 0.1) is 13.8 Å². The third kappa shape index (κ3) is 1.79. The van der Waals surface area contributed by atoms with Gasteiger partial charge in [0, 0.05) is 5.41 Å². The number of hydrogen-bond acceptors (Lipinski definition) is 1. The lowest BCUT2D eigenvalue weighted by Crippen LogP contribution is -2.18. The van der Waals surface area contributed by atoms with E-state index in [1.807, 2.05) is 6.92 Å². The van der Waals surface area contributed by atoms with Gasteiger partial charge in [-0.25, -0.2) is 0 Å². The quantitative estimate of drug-likeness (QED) is 0.686. The van der Waals surface area contributed by atoms with Gasteiger partial charge in [-0.2, -0.15) is 0 Å². The van der Waals surface area contributed by atoms with Gasteiger partial charge in [0.25, 0.3) is 0 Å². The van der Waals surface area contributed by atoms with Crippen LogP contribution in [0.4, 0.5) is 0 Å². The fourth-order valence-electron chi connectivity index (χ4n) is 1.47. The van der Waals surface area contributed by atoms with E-state index in [1.54, 1.807) is 0 Å². The molecule has 0 aliphatic carbocycles. The lowest BCUT2D eigenvalue weighted by atomic mass is 9.82. The van der Waals surface area contributed by atoms with Crippen LogP contribution >= 0.6 is 0 Å². The molecule has 0 saturated heterocycles. The average Bonchev–Trinajstić information content (AvgIpc) is 2.46. The minimum atomic E-state index is 0.221. The van der Waals surface area contributed by atoms with E-state index in [4.69, 9.17) is 4.42 Å². The second-order valence-electron chi connectivity index (χ2n) is 4.12. The van der Waals surface area contributed by atoms with Gasteiger partial charge in [0.2, 0.25) is 0 Å². The second kappa shape index (κ2) is 3.57. The van der Waals surface area contributed by atoms with Crippen molar-refractivity contribution in [3.63, 3.8) is 0 Å². The molecule has 1 heteroatoms. The summed E-state index contributed by atoms with van der Waals surface area (Å²) in [7, 11) is 0. The molecule has 0 unspecified atom stereocenters. The van der Waals surface area contributed by atoms with Crippen molar-refractivity contribution in [2.75, 3.05) is 0 Å². The zero-order valence-electron chi connectivity index (χ0n) is 9.40. The second-order valence-corrected chi connectivity index (χ2v) is 4.12. The third-order valence-electron chi connectivity index (χ3n) is 3.32. The van der Waals surface area contributed by atoms with Gasteiger partial charge in [-0.05, 0) is 38.3 Å². The first-order valence-corrected chi connectivity index (χ1v) is 5.11. The van der Waals surface area contributed by atoms with Crippen molar-refractivity contribution in [2.45, 2.75) is 52.9 Å². The Morgan fingerprint density at radius 2 is 1.77 bits per heavy atom. The van der Waals surface area contributed by atoms with Gasteiger partial charge < -0.3 is 4.42 Å². The van der Waals surface area contributed by atoms with Crippen LogP contribution in [0.2, 0.25) is 0 Å². The summed E-state index contributed by atoms with van der Waals surface area (Å²) in [5.41, 5.74) is 1.49. The Labute approximate surface area is 81.1 Å². The molecule has 0 spiro atoms. The highest BCUT2D eigenvalue weighted by Crippen LogP contribution is 2.33. The lowest BCUT2D eigenvalue weighted by Gasteiger charge is -2.23. The fourth-order valence-corrected chi connectivity index (χ4v) is 1.47. The van der Waals surface area contributed by atoms with E-state index < -0.39 is 0 Å². The Morgan fingerprint density at radius 1 is 1.23 bits per heavy atom. The average molecular weight is 180 g/mol. The van der Waals surface area contributed by atoms with Crippen LogP contribution in [-0.4, -0.2) is 0 Å². The van der Waals surface area contributed by atoms with Gasteiger partial charge in [0.1, 0.15) is 11.5 Å². The molecule has 13 heavy (non-hydrogen) atoms. The summed E-state index contributed by atoms with van der Waals surface area (Å²) in [5.74, 6) is 2.20. The standard InChI is InChI=1S/C12H20O/c1-6-12(5,7-2)11-8-9(3)10(4)13-11/h8H,6-7H2,1-5H3. The van der Waals surface area contributed by atoms with Crippen molar-refractivity contribution in [1.82, 2.24) is 0 Å². The molecule has 0 aliphatic heterocycles. The lowest BCUT2D eigenvalue weighted by molar-refractivity contribution is 0.331. The highest BCUT2D eigenvalue weighted by molar-refractivity contribution is 5.23. The highest BCUT2D eigenvalue weighted by Gasteiger charge is 2.26. The van der Waals surface area contributed by atoms with Crippen LogP contribution in [0.15, 0.2) is 10.5 Å². The molecule has 0 fully saturated rings. The molecule has 1 rings (SSSR count). The first-order valence-electron chi connectivity index (χ1n) is 5.11. The van der Waals surface area contributed by atoms with Crippen LogP contribution < -0.4 is 0 Å². The van der Waals surface area contributed by atoms with Crippen molar-refractivity contribution in [2.24, 2.45) is 0 Å². The van der Waals surface area contributed by atoms with Crippen molar-refractivity contribution in [1.29, 1.82) is 0 Å². The van der Waals surface area contributed by atoms with Crippen LogP contribution in [0.3, 0.4) is 0 Å². The molecule has 0 bridgehead atoms. The predicted molar refractivity (Wildman–Crippen MR) is 56.1 cm³/mol. The molecule has 0 atom stereocenters. The maximum absolute atomic E-state index is 5.76. The zero-order chi connectivity index (χ0) is 10.1. The summed E-state index contributed by atoms with van der Waals surface area (Å²) in [6, 6.07) is 2.18. The van der Waals surface area contributed by atoms with Crippen molar-refractivity contribution >= 4 is 0 Å². The van der Waals surface area contributed by atoms with Crippen molar-refractivity contribution in [3.8, 4) is 0 Å². The summed E-state index contributed by atoms with van der Waals surface area (Å²) >= 11 is 0. The SMILES string of the molecule is CCC(C)(CC)c1cc(C)c(C)o1. The first-order chi connectivity index (χ1) is 6.03. The minimum Gasteiger partial charge on any atom is -0.466 e. The maximum atomic E-state index is 5.76. The molecule has 0 radical (unpaired) electrons. The Morgan fingerprint density at radius 3 is 2.08 bits per heavy atom. The molecule has 1 aromatic rings. The van der Waals surface area contributed by atoms with Gasteiger partial charge in [-0.3, -0.25) is 0 Å². The number of rotatable bonds is 3. The minimum absolute atomic E-state index is 0.221. The van der Waals surface area contributed by atoms with E-state index in [2.05, 4.69) is 33.8 Å². The third-order valence-corrected chi connectivity index (χ3v) is 3.32. The Bertz CT molecular complexity index is 260. The molecule has 0 aromatic carbocycles. The van der Waals surface area contributed by atoms with E-state index in [9.17, 15) is 0 Å². The molecule has 0 saturated carbocycles. The van der Waals surface area contributed by atoms with Crippen LogP contribution in [0.25, 0.3) is 0 Å². The molecular weight excluding hydrogens is 160 g/mol. The molecule has 1 aromatic heterocycles. The first kappa shape index (κ1) is 10.4. The molecule has 1 nitrogen and oxygen atoms in total. The molecule has 0 N–H and O–H groups in total. The van der Waals surface area contributed by atoms with Gasteiger partial charge in [0.05, 0.1) is 0 Å². The normalized spacial score (nSPS) is 12.1. The van der Waals surface area contributed by atoms with Crippen LogP contribution in [0.1, 0.15) is 50.7 Å². The van der Waals surface area contributed by atoms with E-state index in [1.165, 1.54) is 5.56 Å². The zero-order valence-corrected chi connectivity index (χ0v) is 9.40. The Hall–Kier alpha value is -0.720. The Kier molecular flexibility index (Phi) is 2.84. The monoisotopic (exact) mass is 180 g/mol. The topological polar surface area (TPSA) is 13.1 Å². The summed E-state index contributed by atoms with van der Waals surface area (Å²) in [6.45, 7) is 10.8. The molecular formula is C12H20O. The summed E-state index contributed by atoms with van der Waals surface area (Å²) < 4.78 is 5.76. The maximum Gasteiger partial charge on any atom is 0.110 e. The van der Waals surface area contributed by atoms with E-state index in [0.29, 0.717) is 0 Å². The van der Waals surface area contributed by atoms with Crippen molar-refractivity contribution < 1.29 is 4.42 Å². The van der Waals surface area contributed by atoms with E-state index in [-0.39, 0.29) is 5.41 Å². The number of hydrogen-bond donors (Lipinski definition) is 0. The number of aryl methyl sites for hydroxylation is 2. The summed E-state index contributed by atoms with van der Waals surface area (Å²) in [4.78, 5) is 0. The summed E-state index contributed by atoms with van der Waals surface area (Å²) in [5, 5.41) is 0. The van der Waals surface area contributed by atoms with E-state index in [0.717, 1.165) is 24.4 Å². The highest BCUT2D eigenvalue weighted by atomic mass is 16.3. The Balaban J connectivity index is 3.05. The largest absolute Gasteiger partial charge is 0.466 e. The molecule has 1 heterocycles. The van der Waals surface area contributed by atoms with E-state index >= 15 is 0 Å². The van der Waals surface area contributed by atoms with Gasteiger partial charge in [-0.15, -0.1) is 0 Å². The molecule has 74 valence electrons. The van der Waals surface area contributed by atoms with Gasteiger partial charge in [0.15, 0.2) is 0 Å². The van der Waals surface area contributed by atoms with Gasteiger partial charge in [-0.1, -0.05) is 20.8 Å². The smallest absolute Gasteiger partial charge is 0.110 e.